The van der Waals surface area contributed by atoms with E-state index in [-0.39, 0.29) is 11.3 Å². The summed E-state index contributed by atoms with van der Waals surface area (Å²) >= 11 is 1.48. The van der Waals surface area contributed by atoms with Gasteiger partial charge in [-0.3, -0.25) is 9.48 Å². The molecule has 0 bridgehead atoms. The Balaban J connectivity index is 2.34. The summed E-state index contributed by atoms with van der Waals surface area (Å²) in [6, 6.07) is -0.752. The molecule has 0 aliphatic carbocycles. The molecule has 19 heavy (non-hydrogen) atoms. The van der Waals surface area contributed by atoms with E-state index in [2.05, 4.69) is 5.10 Å². The predicted molar refractivity (Wildman–Crippen MR) is 72.1 cm³/mol. The molecule has 1 N–H and O–H groups in total. The van der Waals surface area contributed by atoms with Gasteiger partial charge in [-0.15, -0.1) is 11.8 Å². The van der Waals surface area contributed by atoms with E-state index in [0.717, 1.165) is 0 Å². The van der Waals surface area contributed by atoms with Crippen molar-refractivity contribution in [1.29, 1.82) is 0 Å². The number of thioether (sulfide) groups is 1. The molecule has 1 saturated heterocycles. The van der Waals surface area contributed by atoms with Crippen LogP contribution in [0.15, 0.2) is 6.20 Å². The van der Waals surface area contributed by atoms with Gasteiger partial charge < -0.3 is 10.0 Å². The Bertz CT molecular complexity index is 514. The Hall–Kier alpha value is -1.50. The van der Waals surface area contributed by atoms with Crippen LogP contribution < -0.4 is 0 Å². The Kier molecular flexibility index (Phi) is 3.84. The highest BCUT2D eigenvalue weighted by molar-refractivity contribution is 8.00. The molecule has 7 heteroatoms. The SMILES string of the molecule is CCc1nn(C)cc1C(=O)N1C(C)SCC1C(=O)O. The second-order valence-electron chi connectivity index (χ2n) is 4.52. The number of hydrogen-bond donors (Lipinski definition) is 1. The molecule has 2 unspecified atom stereocenters. The van der Waals surface area contributed by atoms with Crippen molar-refractivity contribution in [3.63, 3.8) is 0 Å². The summed E-state index contributed by atoms with van der Waals surface area (Å²) in [5.74, 6) is -0.758. The van der Waals surface area contributed by atoms with E-state index in [9.17, 15) is 14.7 Å². The van der Waals surface area contributed by atoms with Gasteiger partial charge in [-0.05, 0) is 13.3 Å². The molecule has 104 valence electrons. The smallest absolute Gasteiger partial charge is 0.327 e. The molecule has 1 aliphatic heterocycles. The number of carbonyl (C=O) groups excluding carboxylic acids is 1. The summed E-state index contributed by atoms with van der Waals surface area (Å²) in [6.07, 6.45) is 2.31. The van der Waals surface area contributed by atoms with E-state index in [1.807, 2.05) is 13.8 Å². The van der Waals surface area contributed by atoms with Crippen LogP contribution in [0, 0.1) is 0 Å². The maximum atomic E-state index is 12.6. The number of carbonyl (C=O) groups is 2. The van der Waals surface area contributed by atoms with E-state index < -0.39 is 12.0 Å². The van der Waals surface area contributed by atoms with Crippen molar-refractivity contribution < 1.29 is 14.7 Å². The van der Waals surface area contributed by atoms with Gasteiger partial charge in [0.25, 0.3) is 5.91 Å². The summed E-state index contributed by atoms with van der Waals surface area (Å²) < 4.78 is 1.59. The van der Waals surface area contributed by atoms with Crippen molar-refractivity contribution in [2.45, 2.75) is 31.7 Å². The number of aromatic nitrogens is 2. The molecular weight excluding hydrogens is 266 g/mol. The van der Waals surface area contributed by atoms with Crippen molar-refractivity contribution in [2.75, 3.05) is 5.75 Å². The number of carboxylic acid groups (broad SMARTS) is 1. The van der Waals surface area contributed by atoms with Crippen LogP contribution in [0.5, 0.6) is 0 Å². The molecule has 0 radical (unpaired) electrons. The quantitative estimate of drug-likeness (QED) is 0.894. The van der Waals surface area contributed by atoms with Crippen LogP contribution >= 0.6 is 11.8 Å². The molecule has 0 aromatic carbocycles. The number of hydrogen-bond acceptors (Lipinski definition) is 4. The molecule has 1 aliphatic rings. The van der Waals surface area contributed by atoms with Crippen LogP contribution in [-0.2, 0) is 18.3 Å². The molecule has 6 nitrogen and oxygen atoms in total. The lowest BCUT2D eigenvalue weighted by molar-refractivity contribution is -0.141. The van der Waals surface area contributed by atoms with Gasteiger partial charge in [0.05, 0.1) is 16.6 Å². The average molecular weight is 283 g/mol. The molecule has 1 amide bonds. The third kappa shape index (κ3) is 2.47. The molecule has 2 heterocycles. The molecule has 1 aromatic rings. The molecule has 1 aromatic heterocycles. The number of aryl methyl sites for hydroxylation is 2. The largest absolute Gasteiger partial charge is 0.480 e. The van der Waals surface area contributed by atoms with Crippen LogP contribution in [0.2, 0.25) is 0 Å². The van der Waals surface area contributed by atoms with E-state index in [1.54, 1.807) is 17.9 Å². The topological polar surface area (TPSA) is 75.4 Å². The summed E-state index contributed by atoms with van der Waals surface area (Å²) in [5.41, 5.74) is 1.21. The fourth-order valence-corrected chi connectivity index (χ4v) is 3.42. The van der Waals surface area contributed by atoms with E-state index in [0.29, 0.717) is 23.4 Å². The fourth-order valence-electron chi connectivity index (χ4n) is 2.25. The maximum absolute atomic E-state index is 12.6. The fraction of sp³-hybridized carbons (Fsp3) is 0.583. The summed E-state index contributed by atoms with van der Waals surface area (Å²) in [5, 5.41) is 13.3. The van der Waals surface area contributed by atoms with E-state index in [1.165, 1.54) is 16.7 Å². The first-order valence-corrected chi connectivity index (χ1v) is 7.20. The van der Waals surface area contributed by atoms with Crippen molar-refractivity contribution in [1.82, 2.24) is 14.7 Å². The van der Waals surface area contributed by atoms with Crippen molar-refractivity contribution >= 4 is 23.6 Å². The lowest BCUT2D eigenvalue weighted by Gasteiger charge is -2.24. The van der Waals surface area contributed by atoms with Crippen LogP contribution in [0.25, 0.3) is 0 Å². The third-order valence-corrected chi connectivity index (χ3v) is 4.43. The first kappa shape index (κ1) is 13.9. The van der Waals surface area contributed by atoms with Gasteiger partial charge in [0, 0.05) is 19.0 Å². The predicted octanol–water partition coefficient (Wildman–Crippen LogP) is 0.971. The maximum Gasteiger partial charge on any atom is 0.327 e. The molecular formula is C12H17N3O3S. The zero-order valence-electron chi connectivity index (χ0n) is 11.2. The summed E-state index contributed by atoms with van der Waals surface area (Å²) in [7, 11) is 1.76. The Labute approximate surface area is 115 Å². The zero-order chi connectivity index (χ0) is 14.2. The zero-order valence-corrected chi connectivity index (χ0v) is 12.0. The molecule has 2 atom stereocenters. The standard InChI is InChI=1S/C12H17N3O3S/c1-4-9-8(5-14(3)13-9)11(16)15-7(2)19-6-10(15)12(17)18/h5,7,10H,4,6H2,1-3H3,(H,17,18). The second-order valence-corrected chi connectivity index (χ2v) is 5.86. The van der Waals surface area contributed by atoms with Gasteiger partial charge >= 0.3 is 5.97 Å². The van der Waals surface area contributed by atoms with Crippen LogP contribution in [0.4, 0.5) is 0 Å². The number of rotatable bonds is 3. The lowest BCUT2D eigenvalue weighted by atomic mass is 10.1. The average Bonchev–Trinajstić information content (AvgIpc) is 2.91. The molecule has 0 spiro atoms. The monoisotopic (exact) mass is 283 g/mol. The lowest BCUT2D eigenvalue weighted by Crippen LogP contribution is -2.44. The second kappa shape index (κ2) is 5.24. The van der Waals surface area contributed by atoms with Gasteiger partial charge in [0.15, 0.2) is 0 Å². The third-order valence-electron chi connectivity index (χ3n) is 3.21. The van der Waals surface area contributed by atoms with Gasteiger partial charge in [-0.25, -0.2) is 4.79 Å². The summed E-state index contributed by atoms with van der Waals surface area (Å²) in [4.78, 5) is 25.2. The highest BCUT2D eigenvalue weighted by Crippen LogP contribution is 2.30. The molecule has 0 saturated carbocycles. The van der Waals surface area contributed by atoms with Gasteiger partial charge in [0.1, 0.15) is 6.04 Å². The number of carboxylic acids is 1. The minimum absolute atomic E-state index is 0.126. The van der Waals surface area contributed by atoms with Crippen LogP contribution in [-0.4, -0.2) is 48.8 Å². The van der Waals surface area contributed by atoms with Gasteiger partial charge in [-0.2, -0.15) is 5.10 Å². The first-order chi connectivity index (χ1) is 8.95. The highest BCUT2D eigenvalue weighted by Gasteiger charge is 2.40. The number of nitrogens with zero attached hydrogens (tertiary/aromatic N) is 3. The van der Waals surface area contributed by atoms with Crippen LogP contribution in [0.1, 0.15) is 29.9 Å². The highest BCUT2D eigenvalue weighted by atomic mass is 32.2. The van der Waals surface area contributed by atoms with Crippen molar-refractivity contribution in [3.05, 3.63) is 17.5 Å². The van der Waals surface area contributed by atoms with Crippen molar-refractivity contribution in [2.24, 2.45) is 7.05 Å². The van der Waals surface area contributed by atoms with E-state index in [4.69, 9.17) is 0 Å². The minimum Gasteiger partial charge on any atom is -0.480 e. The minimum atomic E-state index is -0.952. The van der Waals surface area contributed by atoms with Gasteiger partial charge in [-0.1, -0.05) is 6.92 Å². The first-order valence-electron chi connectivity index (χ1n) is 6.15. The summed E-state index contributed by atoms with van der Waals surface area (Å²) in [6.45, 7) is 3.78. The van der Waals surface area contributed by atoms with E-state index >= 15 is 0 Å². The molecule has 2 rings (SSSR count). The number of aliphatic carboxylic acids is 1. The van der Waals surface area contributed by atoms with Crippen molar-refractivity contribution in [3.8, 4) is 0 Å². The molecule has 1 fully saturated rings. The van der Waals surface area contributed by atoms with Gasteiger partial charge in [0.2, 0.25) is 0 Å². The number of amides is 1. The Morgan fingerprint density at radius 1 is 1.58 bits per heavy atom. The Morgan fingerprint density at radius 3 is 2.84 bits per heavy atom. The Morgan fingerprint density at radius 2 is 2.26 bits per heavy atom. The van der Waals surface area contributed by atoms with Crippen LogP contribution in [0.3, 0.4) is 0 Å². The normalized spacial score (nSPS) is 22.8.